The highest BCUT2D eigenvalue weighted by Gasteiger charge is 2.34. The molecule has 0 aliphatic carbocycles. The SMILES string of the molecule is COc1ccc(Cn2[nH]c(=O)c3cc(C=O)ccc32)c(C(F)(F)F)c1. The van der Waals surface area contributed by atoms with Gasteiger partial charge in [0, 0.05) is 5.56 Å². The summed E-state index contributed by atoms with van der Waals surface area (Å²) in [6.07, 6.45) is -3.96. The van der Waals surface area contributed by atoms with Crippen LogP contribution in [0.5, 0.6) is 5.75 Å². The second-order valence-electron chi connectivity index (χ2n) is 5.44. The first-order chi connectivity index (χ1) is 11.8. The van der Waals surface area contributed by atoms with E-state index in [-0.39, 0.29) is 23.2 Å². The van der Waals surface area contributed by atoms with Crippen LogP contribution in [-0.4, -0.2) is 23.2 Å². The summed E-state index contributed by atoms with van der Waals surface area (Å²) >= 11 is 0. The number of aldehydes is 1. The number of fused-ring (bicyclic) bond motifs is 1. The van der Waals surface area contributed by atoms with Crippen LogP contribution in [0.25, 0.3) is 10.9 Å². The van der Waals surface area contributed by atoms with Gasteiger partial charge in [0.05, 0.1) is 30.1 Å². The van der Waals surface area contributed by atoms with E-state index >= 15 is 0 Å². The molecule has 0 radical (unpaired) electrons. The fourth-order valence-electron chi connectivity index (χ4n) is 2.67. The molecule has 8 heteroatoms. The Morgan fingerprint density at radius 3 is 2.60 bits per heavy atom. The van der Waals surface area contributed by atoms with E-state index < -0.39 is 17.3 Å². The van der Waals surface area contributed by atoms with Crippen LogP contribution in [0, 0.1) is 0 Å². The van der Waals surface area contributed by atoms with E-state index in [9.17, 15) is 22.8 Å². The van der Waals surface area contributed by atoms with Gasteiger partial charge in [0.2, 0.25) is 0 Å². The highest BCUT2D eigenvalue weighted by molar-refractivity contribution is 5.86. The number of benzene rings is 2. The number of aromatic nitrogens is 2. The maximum absolute atomic E-state index is 13.3. The fourth-order valence-corrected chi connectivity index (χ4v) is 2.67. The molecule has 3 aromatic rings. The molecule has 0 fully saturated rings. The van der Waals surface area contributed by atoms with Crippen molar-refractivity contribution < 1.29 is 22.7 Å². The van der Waals surface area contributed by atoms with Gasteiger partial charge in [0.1, 0.15) is 12.0 Å². The second-order valence-corrected chi connectivity index (χ2v) is 5.44. The Morgan fingerprint density at radius 2 is 1.96 bits per heavy atom. The highest BCUT2D eigenvalue weighted by Crippen LogP contribution is 2.35. The number of H-pyrrole nitrogens is 1. The lowest BCUT2D eigenvalue weighted by Gasteiger charge is -2.15. The number of carbonyl (C=O) groups is 1. The van der Waals surface area contributed by atoms with Crippen molar-refractivity contribution in [1.82, 2.24) is 9.78 Å². The van der Waals surface area contributed by atoms with Crippen molar-refractivity contribution in [3.05, 3.63) is 63.4 Å². The summed E-state index contributed by atoms with van der Waals surface area (Å²) < 4.78 is 46.1. The lowest BCUT2D eigenvalue weighted by molar-refractivity contribution is -0.138. The Morgan fingerprint density at radius 1 is 1.20 bits per heavy atom. The molecule has 1 N–H and O–H groups in total. The number of ether oxygens (including phenoxy) is 1. The average Bonchev–Trinajstić information content (AvgIpc) is 2.89. The van der Waals surface area contributed by atoms with Gasteiger partial charge in [-0.2, -0.15) is 13.2 Å². The molecule has 0 saturated heterocycles. The topological polar surface area (TPSA) is 64.1 Å². The summed E-state index contributed by atoms with van der Waals surface area (Å²) in [6, 6.07) is 8.08. The molecule has 0 spiro atoms. The van der Waals surface area contributed by atoms with E-state index in [1.165, 1.54) is 42.1 Å². The smallest absolute Gasteiger partial charge is 0.416 e. The molecular formula is C17H13F3N2O3. The third-order valence-corrected chi connectivity index (χ3v) is 3.88. The molecule has 130 valence electrons. The lowest BCUT2D eigenvalue weighted by Crippen LogP contribution is -2.13. The Bertz CT molecular complexity index is 1000. The number of rotatable bonds is 4. The summed E-state index contributed by atoms with van der Waals surface area (Å²) in [4.78, 5) is 22.8. The Balaban J connectivity index is 2.10. The number of hydrogen-bond acceptors (Lipinski definition) is 3. The first-order valence-electron chi connectivity index (χ1n) is 7.25. The maximum Gasteiger partial charge on any atom is 0.416 e. The molecule has 1 heterocycles. The van der Waals surface area contributed by atoms with Crippen molar-refractivity contribution in [2.45, 2.75) is 12.7 Å². The van der Waals surface area contributed by atoms with Gasteiger partial charge in [0.25, 0.3) is 5.56 Å². The lowest BCUT2D eigenvalue weighted by atomic mass is 10.1. The number of methoxy groups -OCH3 is 1. The van der Waals surface area contributed by atoms with Gasteiger partial charge in [-0.3, -0.25) is 19.4 Å². The minimum Gasteiger partial charge on any atom is -0.497 e. The molecule has 1 aromatic heterocycles. The van der Waals surface area contributed by atoms with Crippen LogP contribution in [0.4, 0.5) is 13.2 Å². The highest BCUT2D eigenvalue weighted by atomic mass is 19.4. The third kappa shape index (κ3) is 3.15. The van der Waals surface area contributed by atoms with Crippen molar-refractivity contribution in [2.75, 3.05) is 7.11 Å². The molecule has 0 saturated carbocycles. The summed E-state index contributed by atoms with van der Waals surface area (Å²) in [6.45, 7) is -0.183. The largest absolute Gasteiger partial charge is 0.497 e. The zero-order valence-corrected chi connectivity index (χ0v) is 13.1. The van der Waals surface area contributed by atoms with Gasteiger partial charge in [-0.05, 0) is 35.9 Å². The second kappa shape index (κ2) is 6.12. The van der Waals surface area contributed by atoms with Gasteiger partial charge in [-0.1, -0.05) is 6.07 Å². The molecule has 0 bridgehead atoms. The minimum atomic E-state index is -4.56. The van der Waals surface area contributed by atoms with E-state index in [0.717, 1.165) is 6.07 Å². The van der Waals surface area contributed by atoms with Gasteiger partial charge in [-0.15, -0.1) is 0 Å². The van der Waals surface area contributed by atoms with Gasteiger partial charge < -0.3 is 4.74 Å². The minimum absolute atomic E-state index is 0.0130. The first-order valence-corrected chi connectivity index (χ1v) is 7.25. The molecule has 0 atom stereocenters. The van der Waals surface area contributed by atoms with Crippen molar-refractivity contribution in [2.24, 2.45) is 0 Å². The fraction of sp³-hybridized carbons (Fsp3) is 0.176. The number of nitrogens with one attached hydrogen (secondary N) is 1. The van der Waals surface area contributed by atoms with Gasteiger partial charge in [-0.25, -0.2) is 0 Å². The molecule has 0 unspecified atom stereocenters. The molecule has 0 aliphatic heterocycles. The number of carbonyl (C=O) groups excluding carboxylic acids is 1. The molecular weight excluding hydrogens is 337 g/mol. The Hall–Kier alpha value is -3.03. The van der Waals surface area contributed by atoms with Crippen LogP contribution < -0.4 is 10.3 Å². The van der Waals surface area contributed by atoms with Gasteiger partial charge >= 0.3 is 6.18 Å². The zero-order valence-electron chi connectivity index (χ0n) is 13.1. The molecule has 0 amide bonds. The van der Waals surface area contributed by atoms with E-state index in [4.69, 9.17) is 4.74 Å². The van der Waals surface area contributed by atoms with Crippen LogP contribution in [0.1, 0.15) is 21.5 Å². The monoisotopic (exact) mass is 350 g/mol. The van der Waals surface area contributed by atoms with Crippen LogP contribution >= 0.6 is 0 Å². The predicted molar refractivity (Wildman–Crippen MR) is 85.0 cm³/mol. The average molecular weight is 350 g/mol. The molecule has 2 aromatic carbocycles. The third-order valence-electron chi connectivity index (χ3n) is 3.88. The van der Waals surface area contributed by atoms with E-state index in [1.54, 1.807) is 0 Å². The van der Waals surface area contributed by atoms with Crippen LogP contribution in [0.15, 0.2) is 41.2 Å². The zero-order chi connectivity index (χ0) is 18.2. The number of aromatic amines is 1. The Labute approximate surface area is 139 Å². The predicted octanol–water partition coefficient (Wildman–Crippen LogP) is 3.22. The number of halogens is 3. The van der Waals surface area contributed by atoms with Crippen LogP contribution in [0.2, 0.25) is 0 Å². The number of nitrogens with zero attached hydrogens (tertiary/aromatic N) is 1. The normalized spacial score (nSPS) is 11.7. The van der Waals surface area contributed by atoms with Crippen molar-refractivity contribution in [1.29, 1.82) is 0 Å². The van der Waals surface area contributed by atoms with Crippen LogP contribution in [-0.2, 0) is 12.7 Å². The molecule has 25 heavy (non-hydrogen) atoms. The summed E-state index contributed by atoms with van der Waals surface area (Å²) in [5.74, 6) is 0.0950. The quantitative estimate of drug-likeness (QED) is 0.735. The number of hydrogen-bond donors (Lipinski definition) is 1. The summed E-state index contributed by atoms with van der Waals surface area (Å²) in [7, 11) is 1.29. The standard InChI is InChI=1S/C17H13F3N2O3/c1-25-12-4-3-11(14(7-12)17(18,19)20)8-22-15-5-2-10(9-23)6-13(15)16(24)21-22/h2-7,9H,8H2,1H3,(H,21,24). The maximum atomic E-state index is 13.3. The van der Waals surface area contributed by atoms with Gasteiger partial charge in [0.15, 0.2) is 0 Å². The molecule has 3 rings (SSSR count). The van der Waals surface area contributed by atoms with E-state index in [1.807, 2.05) is 0 Å². The summed E-state index contributed by atoms with van der Waals surface area (Å²) in [5.41, 5.74) is -0.587. The molecule has 0 aliphatic rings. The van der Waals surface area contributed by atoms with Crippen molar-refractivity contribution in [3.63, 3.8) is 0 Å². The molecule has 5 nitrogen and oxygen atoms in total. The van der Waals surface area contributed by atoms with E-state index in [2.05, 4.69) is 5.10 Å². The first kappa shape index (κ1) is 16.8. The van der Waals surface area contributed by atoms with Crippen molar-refractivity contribution >= 4 is 17.2 Å². The Kier molecular flexibility index (Phi) is 4.12. The summed E-state index contributed by atoms with van der Waals surface area (Å²) in [5, 5.41) is 2.75. The number of alkyl halides is 3. The van der Waals surface area contributed by atoms with Crippen molar-refractivity contribution in [3.8, 4) is 5.75 Å². The van der Waals surface area contributed by atoms with E-state index in [0.29, 0.717) is 17.4 Å². The van der Waals surface area contributed by atoms with Crippen LogP contribution in [0.3, 0.4) is 0 Å².